The molecule has 2 atom stereocenters. The topological polar surface area (TPSA) is 55.8 Å². The van der Waals surface area contributed by atoms with Crippen LogP contribution in [-0.4, -0.2) is 28.9 Å². The van der Waals surface area contributed by atoms with E-state index in [0.717, 1.165) is 37.7 Å². The molecule has 0 bridgehead atoms. The van der Waals surface area contributed by atoms with Crippen LogP contribution in [0.2, 0.25) is 0 Å². The van der Waals surface area contributed by atoms with E-state index in [1.807, 2.05) is 18.2 Å². The largest absolute Gasteiger partial charge is 0.527 e. The smallest absolute Gasteiger partial charge is 0.404 e. The number of hydrogen-bond acceptors (Lipinski definition) is 3. The number of hydrogen-bond donors (Lipinski definition) is 1. The van der Waals surface area contributed by atoms with Crippen LogP contribution in [0.3, 0.4) is 0 Å². The second-order valence-corrected chi connectivity index (χ2v) is 11.1. The molecular formula is C29H51AlO4P. The van der Waals surface area contributed by atoms with E-state index >= 15 is 0 Å². The van der Waals surface area contributed by atoms with Gasteiger partial charge in [0.15, 0.2) is 0 Å². The Balaban J connectivity index is 0.0000116. The van der Waals surface area contributed by atoms with Gasteiger partial charge in [0.1, 0.15) is 5.75 Å². The zero-order valence-electron chi connectivity index (χ0n) is 22.8. The predicted molar refractivity (Wildman–Crippen MR) is 151 cm³/mol. The number of unbranched alkanes of at least 4 members (excludes halogenated alkanes) is 11. The summed E-state index contributed by atoms with van der Waals surface area (Å²) in [5.74, 6) is 0.862. The van der Waals surface area contributed by atoms with Crippen LogP contribution in [-0.2, 0) is 15.5 Å². The molecule has 6 heteroatoms. The van der Waals surface area contributed by atoms with Gasteiger partial charge < -0.3 is 4.52 Å². The van der Waals surface area contributed by atoms with Crippen molar-refractivity contribution in [2.45, 2.75) is 124 Å². The molecule has 0 aliphatic carbocycles. The second-order valence-electron chi connectivity index (χ2n) is 9.72. The molecule has 1 rings (SSSR count). The highest BCUT2D eigenvalue weighted by Crippen LogP contribution is 2.44. The van der Waals surface area contributed by atoms with Gasteiger partial charge in [-0.2, -0.15) is 0 Å². The fourth-order valence-corrected chi connectivity index (χ4v) is 4.81. The molecule has 0 amide bonds. The van der Waals surface area contributed by atoms with Crippen LogP contribution in [0.1, 0.15) is 123 Å². The van der Waals surface area contributed by atoms with Crippen molar-refractivity contribution >= 4 is 25.2 Å². The van der Waals surface area contributed by atoms with Crippen LogP contribution < -0.4 is 4.52 Å². The van der Waals surface area contributed by atoms with Gasteiger partial charge in [-0.25, -0.2) is 4.57 Å². The lowest BCUT2D eigenvalue weighted by Gasteiger charge is -2.15. The maximum Gasteiger partial charge on any atom is 0.527 e. The van der Waals surface area contributed by atoms with E-state index in [2.05, 4.69) is 32.9 Å². The third kappa shape index (κ3) is 20.2. The quantitative estimate of drug-likeness (QED) is 0.0714. The van der Waals surface area contributed by atoms with Crippen molar-refractivity contribution in [2.24, 2.45) is 5.92 Å². The minimum absolute atomic E-state index is 0. The molecular weight excluding hydrogens is 470 g/mol. The minimum atomic E-state index is -4.09. The third-order valence-corrected chi connectivity index (χ3v) is 7.23. The van der Waals surface area contributed by atoms with Crippen molar-refractivity contribution in [1.29, 1.82) is 0 Å². The van der Waals surface area contributed by atoms with Crippen molar-refractivity contribution in [2.75, 3.05) is 6.61 Å². The molecule has 199 valence electrons. The molecule has 35 heavy (non-hydrogen) atoms. The Bertz CT molecular complexity index is 695. The van der Waals surface area contributed by atoms with Crippen molar-refractivity contribution in [3.8, 4) is 5.75 Å². The van der Waals surface area contributed by atoms with Crippen molar-refractivity contribution in [3.63, 3.8) is 0 Å². The minimum Gasteiger partial charge on any atom is -0.404 e. The van der Waals surface area contributed by atoms with Crippen molar-refractivity contribution in [3.05, 3.63) is 42.0 Å². The Hall–Kier alpha value is -0.558. The maximum absolute atomic E-state index is 12.3. The number of phosphoric ester groups is 1. The lowest BCUT2D eigenvalue weighted by molar-refractivity contribution is 0.190. The Kier molecular flexibility index (Phi) is 22.3. The zero-order valence-corrected chi connectivity index (χ0v) is 24.8. The van der Waals surface area contributed by atoms with Gasteiger partial charge in [-0.05, 0) is 49.3 Å². The van der Waals surface area contributed by atoms with Crippen LogP contribution >= 0.6 is 7.82 Å². The third-order valence-electron chi connectivity index (χ3n) is 6.28. The van der Waals surface area contributed by atoms with Crippen LogP contribution in [0.4, 0.5) is 0 Å². The Morgan fingerprint density at radius 2 is 1.51 bits per heavy atom. The molecule has 1 aromatic rings. The Morgan fingerprint density at radius 1 is 0.886 bits per heavy atom. The van der Waals surface area contributed by atoms with E-state index in [1.54, 1.807) is 6.07 Å². The number of benzene rings is 1. The van der Waals surface area contributed by atoms with Gasteiger partial charge in [-0.3, -0.25) is 9.42 Å². The molecule has 1 aromatic carbocycles. The second kappa shape index (κ2) is 22.6. The van der Waals surface area contributed by atoms with Gasteiger partial charge >= 0.3 is 7.82 Å². The highest BCUT2D eigenvalue weighted by molar-refractivity contribution is 7.47. The highest BCUT2D eigenvalue weighted by Gasteiger charge is 2.23. The standard InChI is InChI=1S/C29H51O4P.Al/c1-4-6-8-9-10-11-12-13-14-15-16-17-18-21-28-22-19-23-29(26-28)33-34(30,31)32-25-24-27(3)20-7-5-2;/h17-19,22-23,26-27H,4-16,20-21,24-25H2,1-3H3,(H,30,31);. The molecule has 0 fully saturated rings. The predicted octanol–water partition coefficient (Wildman–Crippen LogP) is 9.43. The zero-order chi connectivity index (χ0) is 24.9. The highest BCUT2D eigenvalue weighted by atomic mass is 31.2. The van der Waals surface area contributed by atoms with Crippen LogP contribution in [0.15, 0.2) is 36.4 Å². The first-order valence-electron chi connectivity index (χ1n) is 13.9. The van der Waals surface area contributed by atoms with Crippen LogP contribution in [0.25, 0.3) is 0 Å². The molecule has 0 aromatic heterocycles. The number of rotatable bonds is 22. The Labute approximate surface area is 227 Å². The van der Waals surface area contributed by atoms with Gasteiger partial charge in [-0.15, -0.1) is 0 Å². The van der Waals surface area contributed by atoms with E-state index in [-0.39, 0.29) is 24.0 Å². The summed E-state index contributed by atoms with van der Waals surface area (Å²) in [6, 6.07) is 7.39. The Morgan fingerprint density at radius 3 is 2.17 bits per heavy atom. The molecule has 0 spiro atoms. The molecule has 0 aliphatic heterocycles. The van der Waals surface area contributed by atoms with Crippen LogP contribution in [0.5, 0.6) is 5.75 Å². The fraction of sp³-hybridized carbons (Fsp3) is 0.724. The molecule has 0 heterocycles. The van der Waals surface area contributed by atoms with E-state index in [0.29, 0.717) is 11.7 Å². The summed E-state index contributed by atoms with van der Waals surface area (Å²) in [7, 11) is -4.09. The van der Waals surface area contributed by atoms with Crippen molar-refractivity contribution < 1.29 is 18.5 Å². The molecule has 0 aliphatic rings. The summed E-state index contributed by atoms with van der Waals surface area (Å²) >= 11 is 0. The summed E-state index contributed by atoms with van der Waals surface area (Å²) in [5.41, 5.74) is 1.06. The van der Waals surface area contributed by atoms with E-state index in [4.69, 9.17) is 9.05 Å². The molecule has 0 saturated heterocycles. The molecule has 2 unspecified atom stereocenters. The summed E-state index contributed by atoms with van der Waals surface area (Å²) in [6.07, 6.45) is 24.2. The summed E-state index contributed by atoms with van der Waals surface area (Å²) < 4.78 is 22.7. The SMILES string of the molecule is CCCCCCCCCCCCC=CCc1cccc(OP(=O)(O)OCCC(C)CCCC)c1.[Al]. The average molecular weight is 522 g/mol. The number of allylic oxidation sites excluding steroid dienone is 2. The van der Waals surface area contributed by atoms with Crippen molar-refractivity contribution in [1.82, 2.24) is 0 Å². The first-order chi connectivity index (χ1) is 16.5. The van der Waals surface area contributed by atoms with Crippen LogP contribution in [0, 0.1) is 5.92 Å². The fourth-order valence-electron chi connectivity index (χ4n) is 4.04. The summed E-state index contributed by atoms with van der Waals surface area (Å²) in [5, 5.41) is 0. The van der Waals surface area contributed by atoms with E-state index in [9.17, 15) is 9.46 Å². The van der Waals surface area contributed by atoms with Gasteiger partial charge in [-0.1, -0.05) is 122 Å². The first kappa shape index (κ1) is 34.4. The lowest BCUT2D eigenvalue weighted by atomic mass is 10.0. The number of phosphoric acid groups is 1. The molecule has 4 nitrogen and oxygen atoms in total. The monoisotopic (exact) mass is 521 g/mol. The molecule has 3 radical (unpaired) electrons. The first-order valence-corrected chi connectivity index (χ1v) is 15.4. The summed E-state index contributed by atoms with van der Waals surface area (Å²) in [6.45, 7) is 6.82. The lowest BCUT2D eigenvalue weighted by Crippen LogP contribution is -2.04. The van der Waals surface area contributed by atoms with Gasteiger partial charge in [0.2, 0.25) is 0 Å². The van der Waals surface area contributed by atoms with E-state index < -0.39 is 7.82 Å². The maximum atomic E-state index is 12.3. The van der Waals surface area contributed by atoms with E-state index in [1.165, 1.54) is 70.6 Å². The normalized spacial score (nSPS) is 13.9. The average Bonchev–Trinajstić information content (AvgIpc) is 2.80. The summed E-state index contributed by atoms with van der Waals surface area (Å²) in [4.78, 5) is 10.0. The molecule has 1 N–H and O–H groups in total. The molecule has 0 saturated carbocycles. The van der Waals surface area contributed by atoms with Gasteiger partial charge in [0, 0.05) is 17.4 Å². The van der Waals surface area contributed by atoms with Gasteiger partial charge in [0.05, 0.1) is 6.61 Å². The van der Waals surface area contributed by atoms with Gasteiger partial charge in [0.25, 0.3) is 0 Å².